The molecule has 1 saturated heterocycles. The number of hydrogen-bond acceptors (Lipinski definition) is 3. The highest BCUT2D eigenvalue weighted by Crippen LogP contribution is 2.35. The van der Waals surface area contributed by atoms with Crippen molar-refractivity contribution in [3.05, 3.63) is 28.2 Å². The van der Waals surface area contributed by atoms with Crippen LogP contribution in [0, 0.1) is 0 Å². The summed E-state index contributed by atoms with van der Waals surface area (Å²) >= 11 is 3.39. The van der Waals surface area contributed by atoms with E-state index >= 15 is 0 Å². The molecule has 18 heavy (non-hydrogen) atoms. The Morgan fingerprint density at radius 2 is 2.00 bits per heavy atom. The largest absolute Gasteiger partial charge is 0.381 e. The zero-order valence-electron chi connectivity index (χ0n) is 9.80. The SMILES string of the molecule is O=S1(=O)c2ccc(Br)cc2CN1C1CCOCC1. The highest BCUT2D eigenvalue weighted by atomic mass is 79.9. The van der Waals surface area contributed by atoms with Gasteiger partial charge >= 0.3 is 0 Å². The maximum Gasteiger partial charge on any atom is 0.243 e. The number of sulfonamides is 1. The number of fused-ring (bicyclic) bond motifs is 1. The Kier molecular flexibility index (Phi) is 3.21. The van der Waals surface area contributed by atoms with Crippen LogP contribution in [-0.4, -0.2) is 32.0 Å². The Morgan fingerprint density at radius 1 is 1.28 bits per heavy atom. The summed E-state index contributed by atoms with van der Waals surface area (Å²) in [6.45, 7) is 1.79. The second kappa shape index (κ2) is 4.59. The van der Waals surface area contributed by atoms with Crippen molar-refractivity contribution in [3.63, 3.8) is 0 Å². The van der Waals surface area contributed by atoms with E-state index in [1.807, 2.05) is 6.07 Å². The van der Waals surface area contributed by atoms with E-state index < -0.39 is 10.0 Å². The van der Waals surface area contributed by atoms with Crippen LogP contribution < -0.4 is 0 Å². The Hall–Kier alpha value is -0.430. The van der Waals surface area contributed by atoms with E-state index in [4.69, 9.17) is 4.74 Å². The Balaban J connectivity index is 1.97. The minimum Gasteiger partial charge on any atom is -0.381 e. The molecule has 6 heteroatoms. The first-order chi connectivity index (χ1) is 8.59. The Bertz CT molecular complexity index is 567. The molecular weight excluding hydrogens is 318 g/mol. The van der Waals surface area contributed by atoms with Crippen LogP contribution in [0.15, 0.2) is 27.6 Å². The first kappa shape index (κ1) is 12.6. The van der Waals surface area contributed by atoms with Crippen molar-refractivity contribution in [1.29, 1.82) is 0 Å². The van der Waals surface area contributed by atoms with Gasteiger partial charge < -0.3 is 4.74 Å². The number of rotatable bonds is 1. The van der Waals surface area contributed by atoms with E-state index in [9.17, 15) is 8.42 Å². The lowest BCUT2D eigenvalue weighted by Gasteiger charge is -2.29. The molecule has 3 rings (SSSR count). The van der Waals surface area contributed by atoms with Gasteiger partial charge in [0.15, 0.2) is 0 Å². The summed E-state index contributed by atoms with van der Waals surface area (Å²) in [5.74, 6) is 0. The zero-order chi connectivity index (χ0) is 12.8. The lowest BCUT2D eigenvalue weighted by Crippen LogP contribution is -2.39. The predicted molar refractivity (Wildman–Crippen MR) is 70.7 cm³/mol. The molecule has 0 unspecified atom stereocenters. The summed E-state index contributed by atoms with van der Waals surface area (Å²) in [4.78, 5) is 0.456. The Morgan fingerprint density at radius 3 is 2.72 bits per heavy atom. The van der Waals surface area contributed by atoms with Crippen LogP contribution in [0.5, 0.6) is 0 Å². The first-order valence-electron chi connectivity index (χ1n) is 5.97. The maximum atomic E-state index is 12.5. The minimum absolute atomic E-state index is 0.0786. The summed E-state index contributed by atoms with van der Waals surface area (Å²) in [6.07, 6.45) is 1.57. The molecule has 0 amide bonds. The third-order valence-electron chi connectivity index (χ3n) is 3.53. The molecule has 0 spiro atoms. The van der Waals surface area contributed by atoms with Gasteiger partial charge in [-0.25, -0.2) is 8.42 Å². The highest BCUT2D eigenvalue weighted by Gasteiger charge is 2.39. The van der Waals surface area contributed by atoms with Crippen molar-refractivity contribution in [2.75, 3.05) is 13.2 Å². The quantitative estimate of drug-likeness (QED) is 0.792. The van der Waals surface area contributed by atoms with E-state index in [1.54, 1.807) is 16.4 Å². The molecule has 1 aromatic rings. The van der Waals surface area contributed by atoms with Gasteiger partial charge in [0.05, 0.1) is 4.90 Å². The molecule has 2 aliphatic heterocycles. The summed E-state index contributed by atoms with van der Waals surface area (Å²) in [5.41, 5.74) is 0.885. The van der Waals surface area contributed by atoms with Gasteiger partial charge in [0, 0.05) is 30.3 Å². The molecule has 0 radical (unpaired) electrons. The Labute approximate surface area is 115 Å². The van der Waals surface area contributed by atoms with Crippen LogP contribution in [0.4, 0.5) is 0 Å². The highest BCUT2D eigenvalue weighted by molar-refractivity contribution is 9.10. The summed E-state index contributed by atoms with van der Waals surface area (Å²) < 4.78 is 32.8. The second-order valence-corrected chi connectivity index (χ2v) is 7.42. The third kappa shape index (κ3) is 2.01. The fourth-order valence-electron chi connectivity index (χ4n) is 2.60. The molecule has 0 saturated carbocycles. The van der Waals surface area contributed by atoms with E-state index in [-0.39, 0.29) is 6.04 Å². The standard InChI is InChI=1S/C12H14BrNO3S/c13-10-1-2-12-9(7-10)8-14(18(12,15)16)11-3-5-17-6-4-11/h1-2,7,11H,3-6,8H2. The number of halogens is 1. The molecule has 2 heterocycles. The van der Waals surface area contributed by atoms with E-state index in [0.717, 1.165) is 22.9 Å². The first-order valence-corrected chi connectivity index (χ1v) is 8.20. The van der Waals surface area contributed by atoms with Crippen molar-refractivity contribution in [3.8, 4) is 0 Å². The zero-order valence-corrected chi connectivity index (χ0v) is 12.2. The van der Waals surface area contributed by atoms with Gasteiger partial charge in [0.1, 0.15) is 0 Å². The number of hydrogen-bond donors (Lipinski definition) is 0. The average molecular weight is 332 g/mol. The van der Waals surface area contributed by atoms with Crippen molar-refractivity contribution >= 4 is 26.0 Å². The van der Waals surface area contributed by atoms with Crippen LogP contribution in [0.25, 0.3) is 0 Å². The lowest BCUT2D eigenvalue weighted by molar-refractivity contribution is 0.0581. The van der Waals surface area contributed by atoms with Gasteiger partial charge in [0.25, 0.3) is 0 Å². The molecular formula is C12H14BrNO3S. The summed E-state index contributed by atoms with van der Waals surface area (Å²) in [5, 5.41) is 0. The molecule has 1 fully saturated rings. The maximum absolute atomic E-state index is 12.5. The second-order valence-electron chi connectivity index (χ2n) is 4.65. The topological polar surface area (TPSA) is 46.6 Å². The van der Waals surface area contributed by atoms with Crippen molar-refractivity contribution in [2.24, 2.45) is 0 Å². The molecule has 4 nitrogen and oxygen atoms in total. The van der Waals surface area contributed by atoms with Gasteiger partial charge in [-0.3, -0.25) is 0 Å². The number of ether oxygens (including phenoxy) is 1. The molecule has 2 aliphatic rings. The fourth-order valence-corrected chi connectivity index (χ4v) is 4.87. The van der Waals surface area contributed by atoms with Gasteiger partial charge in [-0.2, -0.15) is 4.31 Å². The smallest absolute Gasteiger partial charge is 0.243 e. The van der Waals surface area contributed by atoms with Crippen LogP contribution in [0.2, 0.25) is 0 Å². The van der Waals surface area contributed by atoms with E-state index in [2.05, 4.69) is 15.9 Å². The van der Waals surface area contributed by atoms with Gasteiger partial charge in [0.2, 0.25) is 10.0 Å². The summed E-state index contributed by atoms with van der Waals surface area (Å²) in [6, 6.07) is 5.44. The van der Waals surface area contributed by atoms with Crippen molar-refractivity contribution in [1.82, 2.24) is 4.31 Å². The van der Waals surface area contributed by atoms with Crippen molar-refractivity contribution < 1.29 is 13.2 Å². The van der Waals surface area contributed by atoms with E-state index in [0.29, 0.717) is 24.7 Å². The normalized spacial score (nSPS) is 24.1. The van der Waals surface area contributed by atoms with Gasteiger partial charge in [-0.15, -0.1) is 0 Å². The predicted octanol–water partition coefficient (Wildman–Crippen LogP) is 2.13. The molecule has 98 valence electrons. The minimum atomic E-state index is -3.31. The third-order valence-corrected chi connectivity index (χ3v) is 6.03. The van der Waals surface area contributed by atoms with Crippen molar-refractivity contribution in [2.45, 2.75) is 30.3 Å². The van der Waals surface area contributed by atoms with Gasteiger partial charge in [-0.05, 0) is 36.6 Å². The monoisotopic (exact) mass is 331 g/mol. The molecule has 1 aromatic carbocycles. The van der Waals surface area contributed by atoms with Crippen LogP contribution in [0.1, 0.15) is 18.4 Å². The fraction of sp³-hybridized carbons (Fsp3) is 0.500. The van der Waals surface area contributed by atoms with E-state index in [1.165, 1.54) is 0 Å². The molecule has 0 aliphatic carbocycles. The number of nitrogens with zero attached hydrogens (tertiary/aromatic N) is 1. The lowest BCUT2D eigenvalue weighted by atomic mass is 10.1. The van der Waals surface area contributed by atoms with Crippen LogP contribution in [-0.2, 0) is 21.3 Å². The van der Waals surface area contributed by atoms with Crippen LogP contribution in [0.3, 0.4) is 0 Å². The van der Waals surface area contributed by atoms with Crippen LogP contribution >= 0.6 is 15.9 Å². The number of benzene rings is 1. The molecule has 0 bridgehead atoms. The summed E-state index contributed by atoms with van der Waals surface area (Å²) in [7, 11) is -3.31. The molecule has 0 atom stereocenters. The van der Waals surface area contributed by atoms with Gasteiger partial charge in [-0.1, -0.05) is 15.9 Å². The average Bonchev–Trinajstić information content (AvgIpc) is 2.61. The molecule has 0 aromatic heterocycles. The molecule has 0 N–H and O–H groups in total.